The highest BCUT2D eigenvalue weighted by Crippen LogP contribution is 2.31. The van der Waals surface area contributed by atoms with Crippen LogP contribution in [0.25, 0.3) is 0 Å². The van der Waals surface area contributed by atoms with Crippen LogP contribution in [0, 0.1) is 6.92 Å². The average molecular weight is 256 g/mol. The SMILES string of the molecule is Cc1noc([C@H](C)SC[C@@H](O)C(F)(F)F)n1. The molecule has 0 saturated carbocycles. The Morgan fingerprint density at radius 3 is 2.56 bits per heavy atom. The fraction of sp³-hybridized carbons (Fsp3) is 0.750. The predicted octanol–water partition coefficient (Wildman–Crippen LogP) is 2.10. The number of hydrogen-bond donors (Lipinski definition) is 1. The van der Waals surface area contributed by atoms with Crippen molar-refractivity contribution in [2.45, 2.75) is 31.4 Å². The lowest BCUT2D eigenvalue weighted by atomic mass is 10.4. The van der Waals surface area contributed by atoms with Gasteiger partial charge in [-0.05, 0) is 13.8 Å². The van der Waals surface area contributed by atoms with Gasteiger partial charge in [0.05, 0.1) is 5.25 Å². The topological polar surface area (TPSA) is 59.2 Å². The van der Waals surface area contributed by atoms with Crippen LogP contribution in [0.3, 0.4) is 0 Å². The van der Waals surface area contributed by atoms with E-state index in [0.717, 1.165) is 11.8 Å². The van der Waals surface area contributed by atoms with E-state index < -0.39 is 18.0 Å². The maximum Gasteiger partial charge on any atom is 0.415 e. The summed E-state index contributed by atoms with van der Waals surface area (Å²) in [5.74, 6) is 0.238. The Bertz CT molecular complexity index is 342. The quantitative estimate of drug-likeness (QED) is 0.893. The minimum absolute atomic E-state index is 0.261. The van der Waals surface area contributed by atoms with E-state index in [-0.39, 0.29) is 11.1 Å². The molecule has 0 aliphatic carbocycles. The van der Waals surface area contributed by atoms with Crippen molar-refractivity contribution in [3.05, 3.63) is 11.7 Å². The average Bonchev–Trinajstić information content (AvgIpc) is 2.59. The molecular formula is C8H11F3N2O2S. The highest BCUT2D eigenvalue weighted by atomic mass is 32.2. The van der Waals surface area contributed by atoms with Gasteiger partial charge in [-0.15, -0.1) is 11.8 Å². The van der Waals surface area contributed by atoms with Gasteiger partial charge in [0.1, 0.15) is 0 Å². The first-order valence-electron chi connectivity index (χ1n) is 4.47. The second-order valence-corrected chi connectivity index (χ2v) is 4.59. The van der Waals surface area contributed by atoms with Crippen LogP contribution in [-0.4, -0.2) is 33.3 Å². The number of hydrogen-bond acceptors (Lipinski definition) is 5. The van der Waals surface area contributed by atoms with E-state index in [2.05, 4.69) is 10.1 Å². The molecule has 0 aromatic carbocycles. The van der Waals surface area contributed by atoms with E-state index in [1.807, 2.05) is 0 Å². The summed E-state index contributed by atoms with van der Waals surface area (Å²) < 4.78 is 40.8. The standard InChI is InChI=1S/C8H11F3N2O2S/c1-4(7-12-5(2)13-15-7)16-3-6(14)8(9,10)11/h4,6,14H,3H2,1-2H3/t4-,6+/m0/s1. The molecule has 4 nitrogen and oxygen atoms in total. The first-order valence-corrected chi connectivity index (χ1v) is 5.52. The number of aliphatic hydroxyl groups excluding tert-OH is 1. The van der Waals surface area contributed by atoms with Gasteiger partial charge in [-0.1, -0.05) is 5.16 Å². The summed E-state index contributed by atoms with van der Waals surface area (Å²) in [7, 11) is 0. The van der Waals surface area contributed by atoms with Gasteiger partial charge in [0.2, 0.25) is 5.89 Å². The fourth-order valence-corrected chi connectivity index (χ4v) is 1.78. The van der Waals surface area contributed by atoms with Crippen molar-refractivity contribution in [1.82, 2.24) is 10.1 Å². The normalized spacial score (nSPS) is 16.1. The van der Waals surface area contributed by atoms with Crippen molar-refractivity contribution < 1.29 is 22.8 Å². The number of thioether (sulfide) groups is 1. The molecule has 1 heterocycles. The third kappa shape index (κ3) is 3.67. The van der Waals surface area contributed by atoms with Crippen molar-refractivity contribution in [3.63, 3.8) is 0 Å². The van der Waals surface area contributed by atoms with Gasteiger partial charge in [-0.3, -0.25) is 0 Å². The molecule has 1 rings (SSSR count). The van der Waals surface area contributed by atoms with Gasteiger partial charge in [0, 0.05) is 5.75 Å². The van der Waals surface area contributed by atoms with Crippen LogP contribution < -0.4 is 0 Å². The summed E-state index contributed by atoms with van der Waals surface area (Å²) in [5, 5.41) is 11.9. The molecule has 0 fully saturated rings. The Morgan fingerprint density at radius 2 is 2.12 bits per heavy atom. The summed E-state index contributed by atoms with van der Waals surface area (Å²) in [5.41, 5.74) is 0. The number of halogens is 3. The van der Waals surface area contributed by atoms with Gasteiger partial charge < -0.3 is 9.63 Å². The lowest BCUT2D eigenvalue weighted by Crippen LogP contribution is -2.30. The fourth-order valence-electron chi connectivity index (χ4n) is 0.880. The Kier molecular flexibility index (Phi) is 4.20. The van der Waals surface area contributed by atoms with Crippen molar-refractivity contribution in [3.8, 4) is 0 Å². The number of nitrogens with zero attached hydrogens (tertiary/aromatic N) is 2. The molecule has 0 spiro atoms. The third-order valence-corrected chi connectivity index (χ3v) is 2.98. The number of aromatic nitrogens is 2. The monoisotopic (exact) mass is 256 g/mol. The third-order valence-electron chi connectivity index (χ3n) is 1.77. The van der Waals surface area contributed by atoms with E-state index in [1.54, 1.807) is 13.8 Å². The van der Waals surface area contributed by atoms with Gasteiger partial charge in [0.15, 0.2) is 11.9 Å². The molecule has 1 aromatic heterocycles. The predicted molar refractivity (Wildman–Crippen MR) is 52.0 cm³/mol. The molecular weight excluding hydrogens is 245 g/mol. The lowest BCUT2D eigenvalue weighted by Gasteiger charge is -2.15. The minimum atomic E-state index is -4.59. The highest BCUT2D eigenvalue weighted by molar-refractivity contribution is 7.99. The molecule has 0 saturated heterocycles. The van der Waals surface area contributed by atoms with Crippen LogP contribution in [0.4, 0.5) is 13.2 Å². The van der Waals surface area contributed by atoms with Crippen LogP contribution in [0.2, 0.25) is 0 Å². The zero-order valence-corrected chi connectivity index (χ0v) is 9.47. The maximum absolute atomic E-state index is 12.0. The van der Waals surface area contributed by atoms with E-state index in [1.165, 1.54) is 0 Å². The molecule has 1 N–H and O–H groups in total. The number of alkyl halides is 3. The van der Waals surface area contributed by atoms with Crippen LogP contribution in [0.1, 0.15) is 23.9 Å². The number of aryl methyl sites for hydroxylation is 1. The second-order valence-electron chi connectivity index (χ2n) is 3.21. The molecule has 92 valence electrons. The van der Waals surface area contributed by atoms with Crippen LogP contribution in [-0.2, 0) is 0 Å². The molecule has 0 unspecified atom stereocenters. The summed E-state index contributed by atoms with van der Waals surface area (Å²) in [6, 6.07) is 0. The molecule has 0 aliphatic rings. The number of aliphatic hydroxyl groups is 1. The molecule has 16 heavy (non-hydrogen) atoms. The maximum atomic E-state index is 12.0. The Balaban J connectivity index is 2.44. The summed E-state index contributed by atoms with van der Waals surface area (Å²) >= 11 is 0.912. The van der Waals surface area contributed by atoms with E-state index in [4.69, 9.17) is 9.63 Å². The number of rotatable bonds is 4. The Hall–Kier alpha value is -0.760. The van der Waals surface area contributed by atoms with Crippen molar-refractivity contribution in [2.24, 2.45) is 0 Å². The van der Waals surface area contributed by atoms with Crippen molar-refractivity contribution in [1.29, 1.82) is 0 Å². The van der Waals surface area contributed by atoms with Gasteiger partial charge in [-0.25, -0.2) is 0 Å². The van der Waals surface area contributed by atoms with Crippen molar-refractivity contribution in [2.75, 3.05) is 5.75 Å². The molecule has 8 heteroatoms. The van der Waals surface area contributed by atoms with Gasteiger partial charge in [-0.2, -0.15) is 18.2 Å². The molecule has 0 bridgehead atoms. The van der Waals surface area contributed by atoms with Crippen LogP contribution in [0.5, 0.6) is 0 Å². The molecule has 2 atom stereocenters. The zero-order valence-electron chi connectivity index (χ0n) is 8.65. The molecule has 1 aromatic rings. The summed E-state index contributed by atoms with van der Waals surface area (Å²) in [6.45, 7) is 3.26. The molecule has 0 amide bonds. The Labute approximate surface area is 94.2 Å². The zero-order chi connectivity index (χ0) is 12.3. The van der Waals surface area contributed by atoms with Crippen molar-refractivity contribution >= 4 is 11.8 Å². The molecule has 0 radical (unpaired) electrons. The second kappa shape index (κ2) is 5.05. The van der Waals surface area contributed by atoms with Gasteiger partial charge in [0.25, 0.3) is 0 Å². The summed E-state index contributed by atoms with van der Waals surface area (Å²) in [6.07, 6.45) is -6.92. The minimum Gasteiger partial charge on any atom is -0.383 e. The van der Waals surface area contributed by atoms with E-state index >= 15 is 0 Å². The lowest BCUT2D eigenvalue weighted by molar-refractivity contribution is -0.195. The Morgan fingerprint density at radius 1 is 1.50 bits per heavy atom. The van der Waals surface area contributed by atoms with E-state index in [9.17, 15) is 13.2 Å². The van der Waals surface area contributed by atoms with Gasteiger partial charge >= 0.3 is 6.18 Å². The first kappa shape index (κ1) is 13.3. The van der Waals surface area contributed by atoms with Crippen LogP contribution in [0.15, 0.2) is 4.52 Å². The molecule has 0 aliphatic heterocycles. The smallest absolute Gasteiger partial charge is 0.383 e. The largest absolute Gasteiger partial charge is 0.415 e. The summed E-state index contributed by atoms with van der Waals surface area (Å²) in [4.78, 5) is 3.89. The van der Waals surface area contributed by atoms with E-state index in [0.29, 0.717) is 5.82 Å². The first-order chi connectivity index (χ1) is 7.30. The van der Waals surface area contributed by atoms with Crippen LogP contribution >= 0.6 is 11.8 Å². The highest BCUT2D eigenvalue weighted by Gasteiger charge is 2.38.